The molecule has 0 radical (unpaired) electrons. The van der Waals surface area contributed by atoms with E-state index >= 15 is 0 Å². The molecule has 0 aliphatic carbocycles. The fourth-order valence-electron chi connectivity index (χ4n) is 14.1. The highest BCUT2D eigenvalue weighted by Gasteiger charge is 2.38. The summed E-state index contributed by atoms with van der Waals surface area (Å²) in [5.74, 6) is 12.7. The monoisotopic (exact) mass is 1240 g/mol. The van der Waals surface area contributed by atoms with Gasteiger partial charge in [-0.2, -0.15) is 0 Å². The second-order valence-electron chi connectivity index (χ2n) is 25.1. The Morgan fingerprint density at radius 1 is 0.355 bits per heavy atom. The van der Waals surface area contributed by atoms with E-state index in [2.05, 4.69) is 158 Å². The van der Waals surface area contributed by atoms with E-state index in [1.807, 2.05) is 134 Å². The van der Waals surface area contributed by atoms with Crippen molar-refractivity contribution in [3.8, 4) is 0 Å². The first-order chi connectivity index (χ1) is 48.3. The topological polar surface area (TPSA) is 81.0 Å². The van der Waals surface area contributed by atoms with Crippen LogP contribution < -0.4 is 80.0 Å². The van der Waals surface area contributed by atoms with Gasteiger partial charge < -0.3 is 17.7 Å². The van der Waals surface area contributed by atoms with Gasteiger partial charge in [-0.3, -0.25) is 19.2 Å². The Morgan fingerprint density at radius 2 is 0.742 bits per heavy atom. The maximum absolute atomic E-state index is 7.75. The van der Waals surface area contributed by atoms with Crippen molar-refractivity contribution in [2.24, 2.45) is 28.2 Å². The van der Waals surface area contributed by atoms with Gasteiger partial charge in [-0.1, -0.05) is 78.8 Å². The van der Waals surface area contributed by atoms with Gasteiger partial charge in [0.2, 0.25) is 0 Å². The lowest BCUT2D eigenvalue weighted by molar-refractivity contribution is -0.658. The molecule has 0 spiro atoms. The second kappa shape index (κ2) is 24.6. The average Bonchev–Trinajstić information content (AvgIpc) is 1.54. The van der Waals surface area contributed by atoms with Gasteiger partial charge in [0.25, 0.3) is 23.3 Å². The molecule has 0 atom stereocenters. The van der Waals surface area contributed by atoms with Crippen LogP contribution in [-0.2, 0) is 28.2 Å². The van der Waals surface area contributed by atoms with Crippen LogP contribution in [0.15, 0.2) is 182 Å². The molecule has 4 aromatic carbocycles. The second-order valence-corrected chi connectivity index (χ2v) is 25.1. The van der Waals surface area contributed by atoms with E-state index in [-0.39, 0.29) is 27.4 Å². The predicted molar refractivity (Wildman–Crippen MR) is 387 cm³/mol. The first kappa shape index (κ1) is 51.7. The molecule has 8 aromatic heterocycles. The van der Waals surface area contributed by atoms with Crippen LogP contribution in [0.5, 0.6) is 0 Å². The van der Waals surface area contributed by atoms with Gasteiger partial charge >= 0.3 is 27.4 Å². The van der Waals surface area contributed by atoms with E-state index in [0.29, 0.717) is 16.7 Å². The van der Waals surface area contributed by atoms with Crippen LogP contribution in [0.1, 0.15) is 67.8 Å². The van der Waals surface area contributed by atoms with E-state index in [0.717, 1.165) is 116 Å². The normalized spacial score (nSPS) is 16.0. The highest BCUT2D eigenvalue weighted by Crippen LogP contribution is 2.27. The highest BCUT2D eigenvalue weighted by molar-refractivity contribution is 6.79. The minimum atomic E-state index is -2.12. The summed E-state index contributed by atoms with van der Waals surface area (Å²) in [5, 5.41) is 9.02. The lowest BCUT2D eigenvalue weighted by Crippen LogP contribution is -2.50. The maximum atomic E-state index is 7.75. The van der Waals surface area contributed by atoms with E-state index in [1.165, 1.54) is 27.7 Å². The number of aryl methyl sites for hydroxylation is 9. The van der Waals surface area contributed by atoms with Crippen LogP contribution in [0.4, 0.5) is 23.3 Å². The maximum Gasteiger partial charge on any atom is 0.405 e. The van der Waals surface area contributed by atoms with Crippen molar-refractivity contribution in [1.82, 2.24) is 0 Å². The quantitative estimate of drug-likeness (QED) is 0.128. The summed E-state index contributed by atoms with van der Waals surface area (Å²) >= 11 is 0. The van der Waals surface area contributed by atoms with Crippen LogP contribution >= 0.6 is 0 Å². The zero-order chi connectivity index (χ0) is 72.9. The molecule has 0 bridgehead atoms. The van der Waals surface area contributed by atoms with Crippen molar-refractivity contribution in [2.75, 3.05) is 19.2 Å². The molecule has 462 valence electrons. The number of benzene rings is 4. The number of furan rings is 4. The third-order valence-electron chi connectivity index (χ3n) is 18.5. The molecule has 12 nitrogen and oxygen atoms in total. The van der Waals surface area contributed by atoms with Crippen molar-refractivity contribution in [1.29, 1.82) is 0 Å². The number of anilines is 4. The minimum Gasteiger partial charge on any atom is -0.457 e. The SMILES string of the molecule is CB1C=c2oc3ccccc3c2=C(C)N1c1cc(C)cc[n+]1C.[2H]C([2H])([2H])c1c[n+](C)c(N2B(C)C=c3oc4ccccc4c3=C2C)cc1C.[2H]C([2H])([2H])c1ccc(N2B(C)C=c3c(oc4ccccc34)=C2C)[n+](C)c1.[2H]C([2H])([2H])c1ccc(N2B(C)C=c3oc4ccccc4c3=C2C)[n+](C)c1. The number of aromatic nitrogens is 4. The first-order valence-corrected chi connectivity index (χ1v) is 31.7. The smallest absolute Gasteiger partial charge is 0.405 e. The molecule has 0 saturated heterocycles. The Hall–Kier alpha value is -9.94. The molecule has 0 fully saturated rings. The van der Waals surface area contributed by atoms with Crippen LogP contribution in [0, 0.1) is 34.4 Å². The Morgan fingerprint density at radius 3 is 1.18 bits per heavy atom. The molecule has 12 aromatic rings. The molecule has 0 unspecified atom stereocenters. The Bertz CT molecular complexity index is 5920. The summed E-state index contributed by atoms with van der Waals surface area (Å²) in [4.78, 5) is 9.01. The third-order valence-corrected chi connectivity index (χ3v) is 18.5. The van der Waals surface area contributed by atoms with E-state index in [1.54, 1.807) is 30.7 Å². The summed E-state index contributed by atoms with van der Waals surface area (Å²) < 4.78 is 101. The number of para-hydroxylation sites is 4. The number of fused-ring (bicyclic) bond motifs is 12. The zero-order valence-electron chi connectivity index (χ0n) is 64.4. The average molecular weight is 1240 g/mol. The van der Waals surface area contributed by atoms with E-state index in [9.17, 15) is 0 Å². The van der Waals surface area contributed by atoms with Crippen molar-refractivity contribution < 1.29 is 48.3 Å². The predicted octanol–water partition coefficient (Wildman–Crippen LogP) is 8.93. The Labute approximate surface area is 558 Å². The van der Waals surface area contributed by atoms with E-state index in [4.69, 9.17) is 30.0 Å². The van der Waals surface area contributed by atoms with Gasteiger partial charge in [-0.05, 0) is 178 Å². The summed E-state index contributed by atoms with van der Waals surface area (Å²) in [6.07, 6.45) is 7.20. The molecule has 4 aliphatic heterocycles. The highest BCUT2D eigenvalue weighted by atomic mass is 16.3. The molecule has 4 aliphatic rings. The number of hydrogen-bond donors (Lipinski definition) is 0. The lowest BCUT2D eigenvalue weighted by Gasteiger charge is -2.24. The van der Waals surface area contributed by atoms with Gasteiger partial charge in [-0.15, -0.1) is 0 Å². The van der Waals surface area contributed by atoms with Gasteiger partial charge in [0.05, 0.1) is 85.7 Å². The molecule has 0 saturated carbocycles. The van der Waals surface area contributed by atoms with Gasteiger partial charge in [-0.25, -0.2) is 18.3 Å². The number of nitrogens with zero attached hydrogens (tertiary/aromatic N) is 8. The number of pyridine rings is 4. The van der Waals surface area contributed by atoms with Crippen molar-refractivity contribution >= 4 is 141 Å². The molecule has 12 heterocycles. The van der Waals surface area contributed by atoms with Crippen molar-refractivity contribution in [3.05, 3.63) is 235 Å². The van der Waals surface area contributed by atoms with E-state index < -0.39 is 20.6 Å². The fraction of sp³-hybridized carbons (Fsp3) is 0.221. The van der Waals surface area contributed by atoms with Crippen LogP contribution in [0.25, 0.3) is 90.6 Å². The number of hydrogen-bond acceptors (Lipinski definition) is 8. The van der Waals surface area contributed by atoms with Crippen molar-refractivity contribution in [2.45, 2.75) is 89.4 Å². The lowest BCUT2D eigenvalue weighted by atomic mass is 9.60. The molecule has 16 heteroatoms. The van der Waals surface area contributed by atoms with Gasteiger partial charge in [0, 0.05) is 63.4 Å². The summed E-state index contributed by atoms with van der Waals surface area (Å²) in [6, 6.07) is 45.9. The zero-order valence-corrected chi connectivity index (χ0v) is 55.4. The summed E-state index contributed by atoms with van der Waals surface area (Å²) in [6.45, 7) is 15.2. The number of rotatable bonds is 4. The van der Waals surface area contributed by atoms with Gasteiger partial charge in [0.1, 0.15) is 44.3 Å². The third kappa shape index (κ3) is 11.2. The molecule has 0 N–H and O–H groups in total. The standard InChI is InChI=1S/C20H22BN2O.3C19H20BN2O/c1-13-10-19(22(5)12-14(13)2)23-15(3)20-16-8-6-7-9-17(16)24-18(20)11-21(23)4;1-13-9-10-18(21(4)12-13)22-14(2)19-16(11-20(22)3)15-7-5-6-8-17(15)23-19;1-13-9-10-18(21(4)12-13)22-14(2)19-15-7-5-6-8-16(15)23-17(19)11-20(22)3;1-13-9-10-21(4)18(11-13)22-14(2)19-15-7-5-6-8-16(15)23-17(19)12-20(22)3/h6-12H,1-5H3;3*5-12H,1-4H3/q4*+1/i2D3;2*1D3;. The summed E-state index contributed by atoms with van der Waals surface area (Å²) in [5.41, 5.74) is 14.8. The van der Waals surface area contributed by atoms with Crippen molar-refractivity contribution in [3.63, 3.8) is 0 Å². The van der Waals surface area contributed by atoms with Crippen LogP contribution in [-0.4, -0.2) is 27.4 Å². The molecular formula is C77H82B4N8O4+4. The molecule has 93 heavy (non-hydrogen) atoms. The fourth-order valence-corrected chi connectivity index (χ4v) is 14.1. The summed E-state index contributed by atoms with van der Waals surface area (Å²) in [7, 11) is 7.75. The molecule has 16 rings (SSSR count). The van der Waals surface area contributed by atoms with Gasteiger partial charge in [0.15, 0.2) is 5.42 Å². The largest absolute Gasteiger partial charge is 0.457 e. The Kier molecular flexibility index (Phi) is 13.7. The van der Waals surface area contributed by atoms with Crippen LogP contribution in [0.2, 0.25) is 27.3 Å². The Balaban J connectivity index is 0.000000122. The minimum absolute atomic E-state index is 0.0854. The molecular weight excluding hydrogens is 1140 g/mol. The first-order valence-electron chi connectivity index (χ1n) is 36.2. The van der Waals surface area contributed by atoms with Crippen LogP contribution in [0.3, 0.4) is 0 Å². The molecule has 0 amide bonds.